The number of carbonyl (C=O) groups is 1. The summed E-state index contributed by atoms with van der Waals surface area (Å²) in [5.41, 5.74) is 2.32. The molecule has 4 nitrogen and oxygen atoms in total. The second kappa shape index (κ2) is 7.45. The number of rotatable bonds is 6. The summed E-state index contributed by atoms with van der Waals surface area (Å²) in [6.07, 6.45) is -1.000. The number of amides is 1. The highest BCUT2D eigenvalue weighted by atomic mass is 16.4. The van der Waals surface area contributed by atoms with Gasteiger partial charge in [0.05, 0.1) is 6.04 Å². The molecule has 2 aromatic carbocycles. The van der Waals surface area contributed by atoms with Crippen molar-refractivity contribution in [3.8, 4) is 0 Å². The molecule has 0 heterocycles. The first-order valence-corrected chi connectivity index (χ1v) is 6.99. The van der Waals surface area contributed by atoms with E-state index in [1.165, 1.54) is 0 Å². The summed E-state index contributed by atoms with van der Waals surface area (Å²) < 4.78 is 0. The Balaban J connectivity index is 2.12. The predicted molar refractivity (Wildman–Crippen MR) is 83.4 cm³/mol. The van der Waals surface area contributed by atoms with Crippen LogP contribution in [0.4, 0.5) is 4.79 Å². The molecular formula is C17H20N2O2. The van der Waals surface area contributed by atoms with Crippen LogP contribution < -0.4 is 10.6 Å². The van der Waals surface area contributed by atoms with Gasteiger partial charge in [0, 0.05) is 12.6 Å². The van der Waals surface area contributed by atoms with Crippen LogP contribution in [0.2, 0.25) is 0 Å². The zero-order valence-electron chi connectivity index (χ0n) is 12.0. The predicted octanol–water partition coefficient (Wildman–Crippen LogP) is 3.02. The van der Waals surface area contributed by atoms with Gasteiger partial charge in [0.1, 0.15) is 0 Å². The van der Waals surface area contributed by atoms with Crippen LogP contribution in [0.15, 0.2) is 60.7 Å². The van der Waals surface area contributed by atoms with E-state index in [-0.39, 0.29) is 12.1 Å². The summed E-state index contributed by atoms with van der Waals surface area (Å²) >= 11 is 0. The van der Waals surface area contributed by atoms with Gasteiger partial charge in [-0.05, 0) is 18.1 Å². The van der Waals surface area contributed by atoms with E-state index in [9.17, 15) is 4.79 Å². The smallest absolute Gasteiger partial charge is 0.404 e. The summed E-state index contributed by atoms with van der Waals surface area (Å²) in [5.74, 6) is 0. The Morgan fingerprint density at radius 2 is 1.48 bits per heavy atom. The van der Waals surface area contributed by atoms with Crippen molar-refractivity contribution in [2.45, 2.75) is 19.0 Å². The molecule has 0 bridgehead atoms. The van der Waals surface area contributed by atoms with E-state index in [4.69, 9.17) is 5.11 Å². The number of carboxylic acid groups (broad SMARTS) is 1. The third kappa shape index (κ3) is 4.61. The van der Waals surface area contributed by atoms with Crippen LogP contribution >= 0.6 is 0 Å². The van der Waals surface area contributed by atoms with Gasteiger partial charge in [0.2, 0.25) is 0 Å². The molecule has 0 radical (unpaired) electrons. The largest absolute Gasteiger partial charge is 0.465 e. The Bertz CT molecular complexity index is 518. The molecule has 0 aliphatic heterocycles. The maximum Gasteiger partial charge on any atom is 0.404 e. The second-order valence-electron chi connectivity index (χ2n) is 5.01. The molecule has 2 aromatic rings. The molecule has 0 fully saturated rings. The van der Waals surface area contributed by atoms with Crippen LogP contribution in [0, 0.1) is 0 Å². The monoisotopic (exact) mass is 284 g/mol. The van der Waals surface area contributed by atoms with E-state index in [0.29, 0.717) is 6.54 Å². The number of hydrogen-bond acceptors (Lipinski definition) is 2. The molecule has 2 rings (SSSR count). The minimum atomic E-state index is -1.000. The maximum absolute atomic E-state index is 10.7. The van der Waals surface area contributed by atoms with Crippen molar-refractivity contribution in [2.75, 3.05) is 6.54 Å². The van der Waals surface area contributed by atoms with Crippen LogP contribution in [0.25, 0.3) is 0 Å². The van der Waals surface area contributed by atoms with Crippen molar-refractivity contribution in [3.63, 3.8) is 0 Å². The molecule has 4 heteroatoms. The van der Waals surface area contributed by atoms with Gasteiger partial charge >= 0.3 is 6.09 Å². The first-order valence-electron chi connectivity index (χ1n) is 6.99. The maximum atomic E-state index is 10.7. The summed E-state index contributed by atoms with van der Waals surface area (Å²) in [6.45, 7) is 2.40. The number of benzene rings is 2. The van der Waals surface area contributed by atoms with E-state index < -0.39 is 6.09 Å². The molecule has 0 saturated heterocycles. The van der Waals surface area contributed by atoms with Crippen LogP contribution in [0.1, 0.15) is 24.1 Å². The van der Waals surface area contributed by atoms with Gasteiger partial charge in [-0.3, -0.25) is 0 Å². The average molecular weight is 284 g/mol. The van der Waals surface area contributed by atoms with Crippen molar-refractivity contribution < 1.29 is 9.90 Å². The summed E-state index contributed by atoms with van der Waals surface area (Å²) in [6, 6.07) is 20.2. The molecule has 1 atom stereocenters. The topological polar surface area (TPSA) is 61.4 Å². The van der Waals surface area contributed by atoms with E-state index in [1.54, 1.807) is 0 Å². The van der Waals surface area contributed by atoms with E-state index in [2.05, 4.69) is 34.9 Å². The van der Waals surface area contributed by atoms with Gasteiger partial charge in [-0.1, -0.05) is 60.7 Å². The van der Waals surface area contributed by atoms with Gasteiger partial charge in [0.15, 0.2) is 0 Å². The van der Waals surface area contributed by atoms with Crippen LogP contribution in [-0.4, -0.2) is 23.8 Å². The molecule has 0 saturated carbocycles. The fourth-order valence-corrected chi connectivity index (χ4v) is 2.28. The second-order valence-corrected chi connectivity index (χ2v) is 5.01. The molecule has 0 spiro atoms. The molecule has 1 amide bonds. The Labute approximate surface area is 124 Å². The van der Waals surface area contributed by atoms with Gasteiger partial charge in [-0.15, -0.1) is 0 Å². The highest BCUT2D eigenvalue weighted by Gasteiger charge is 2.14. The standard InChI is InChI=1S/C17H20N2O2/c1-13(19-17(20)21)12-18-16(14-8-4-2-5-9-14)15-10-6-3-7-11-15/h2-11,13,16,18-19H,12H2,1H3,(H,20,21)/t13-/m0/s1. The lowest BCUT2D eigenvalue weighted by molar-refractivity contribution is 0.190. The summed E-state index contributed by atoms with van der Waals surface area (Å²) in [4.78, 5) is 10.7. The first kappa shape index (κ1) is 15.1. The molecular weight excluding hydrogens is 264 g/mol. The molecule has 0 unspecified atom stereocenters. The van der Waals surface area contributed by atoms with Gasteiger partial charge in [-0.2, -0.15) is 0 Å². The fraction of sp³-hybridized carbons (Fsp3) is 0.235. The van der Waals surface area contributed by atoms with E-state index in [1.807, 2.05) is 43.3 Å². The number of nitrogens with one attached hydrogen (secondary N) is 2. The molecule has 0 aliphatic carbocycles. The fourth-order valence-electron chi connectivity index (χ4n) is 2.28. The third-order valence-corrected chi connectivity index (χ3v) is 3.26. The van der Waals surface area contributed by atoms with E-state index >= 15 is 0 Å². The summed E-state index contributed by atoms with van der Waals surface area (Å²) in [7, 11) is 0. The Morgan fingerprint density at radius 3 is 1.90 bits per heavy atom. The Kier molecular flexibility index (Phi) is 5.35. The van der Waals surface area contributed by atoms with Gasteiger partial charge in [-0.25, -0.2) is 4.79 Å². The minimum absolute atomic E-state index is 0.0467. The minimum Gasteiger partial charge on any atom is -0.465 e. The van der Waals surface area contributed by atoms with E-state index in [0.717, 1.165) is 11.1 Å². The molecule has 3 N–H and O–H groups in total. The van der Waals surface area contributed by atoms with Crippen molar-refractivity contribution in [3.05, 3.63) is 71.8 Å². The normalized spacial score (nSPS) is 12.1. The molecule has 110 valence electrons. The van der Waals surface area contributed by atoms with Crippen LogP contribution in [0.5, 0.6) is 0 Å². The lowest BCUT2D eigenvalue weighted by Gasteiger charge is -2.22. The average Bonchev–Trinajstić information content (AvgIpc) is 2.49. The van der Waals surface area contributed by atoms with Crippen molar-refractivity contribution in [1.82, 2.24) is 10.6 Å². The van der Waals surface area contributed by atoms with Crippen molar-refractivity contribution >= 4 is 6.09 Å². The first-order chi connectivity index (χ1) is 10.2. The zero-order chi connectivity index (χ0) is 15.1. The third-order valence-electron chi connectivity index (χ3n) is 3.26. The SMILES string of the molecule is C[C@@H](CNC(c1ccccc1)c1ccccc1)NC(=O)O. The lowest BCUT2D eigenvalue weighted by Crippen LogP contribution is -2.40. The highest BCUT2D eigenvalue weighted by molar-refractivity contribution is 5.64. The van der Waals surface area contributed by atoms with Crippen molar-refractivity contribution in [1.29, 1.82) is 0 Å². The van der Waals surface area contributed by atoms with Gasteiger partial charge in [0.25, 0.3) is 0 Å². The highest BCUT2D eigenvalue weighted by Crippen LogP contribution is 2.21. The zero-order valence-corrected chi connectivity index (χ0v) is 12.0. The Morgan fingerprint density at radius 1 is 1.00 bits per heavy atom. The molecule has 0 aromatic heterocycles. The lowest BCUT2D eigenvalue weighted by atomic mass is 9.98. The quantitative estimate of drug-likeness (QED) is 0.764. The van der Waals surface area contributed by atoms with Crippen LogP contribution in [-0.2, 0) is 0 Å². The molecule has 21 heavy (non-hydrogen) atoms. The van der Waals surface area contributed by atoms with Crippen LogP contribution in [0.3, 0.4) is 0 Å². The Hall–Kier alpha value is -2.33. The van der Waals surface area contributed by atoms with Crippen molar-refractivity contribution in [2.24, 2.45) is 0 Å². The number of hydrogen-bond donors (Lipinski definition) is 3. The van der Waals surface area contributed by atoms with Gasteiger partial charge < -0.3 is 15.7 Å². The summed E-state index contributed by atoms with van der Waals surface area (Å²) in [5, 5.41) is 14.6. The molecule has 0 aliphatic rings.